The highest BCUT2D eigenvalue weighted by atomic mass is 16.5. The van der Waals surface area contributed by atoms with Crippen LogP contribution < -0.4 is 0 Å². The molecule has 2 N–H and O–H groups in total. The summed E-state index contributed by atoms with van der Waals surface area (Å²) in [4.78, 5) is 0. The summed E-state index contributed by atoms with van der Waals surface area (Å²) in [6.45, 7) is 12.6. The van der Waals surface area contributed by atoms with Gasteiger partial charge in [-0.25, -0.2) is 0 Å². The Kier molecular flexibility index (Phi) is 7.44. The van der Waals surface area contributed by atoms with Gasteiger partial charge >= 0.3 is 0 Å². The van der Waals surface area contributed by atoms with Crippen molar-refractivity contribution >= 4 is 0 Å². The maximum Gasteiger partial charge on any atom is 0.0982 e. The van der Waals surface area contributed by atoms with Crippen LogP contribution in [-0.4, -0.2) is 34.6 Å². The molecule has 0 aromatic carbocycles. The predicted octanol–water partition coefficient (Wildman–Crippen LogP) is 5.19. The predicted molar refractivity (Wildman–Crippen MR) is 117 cm³/mol. The minimum absolute atomic E-state index is 0.0359. The first-order chi connectivity index (χ1) is 13.1. The summed E-state index contributed by atoms with van der Waals surface area (Å²) >= 11 is 0. The molecule has 0 aromatic heterocycles. The molecular weight excluding hydrogens is 348 g/mol. The normalized spacial score (nSPS) is 31.6. The van der Waals surface area contributed by atoms with Crippen molar-refractivity contribution in [3.8, 4) is 0 Å². The van der Waals surface area contributed by atoms with Crippen molar-refractivity contribution in [3.63, 3.8) is 0 Å². The van der Waals surface area contributed by atoms with Gasteiger partial charge in [0.05, 0.1) is 24.4 Å². The van der Waals surface area contributed by atoms with E-state index in [4.69, 9.17) is 9.84 Å². The van der Waals surface area contributed by atoms with Crippen LogP contribution >= 0.6 is 0 Å². The average molecular weight is 385 g/mol. The van der Waals surface area contributed by atoms with Crippen LogP contribution in [0.2, 0.25) is 0 Å². The van der Waals surface area contributed by atoms with Gasteiger partial charge in [-0.05, 0) is 62.3 Å². The zero-order valence-electron chi connectivity index (χ0n) is 18.2. The lowest BCUT2D eigenvalue weighted by Crippen LogP contribution is -2.45. The topological polar surface area (TPSA) is 49.7 Å². The van der Waals surface area contributed by atoms with Crippen LogP contribution in [0.3, 0.4) is 0 Å². The molecule has 0 amide bonds. The van der Waals surface area contributed by atoms with Crippen molar-refractivity contribution in [2.24, 2.45) is 5.41 Å². The standard InChI is InChI=1S/C25H36O3/c1-18(10-7-8-11-19(2)17-26)12-9-13-20(3)22-14-23-24(4,5)15-21(27)16-25(23,6)28-22/h7-14,21-22,26-27H,15-17H2,1-6H3/b8-7+,12-9+,18-10+,19-11+,20-13+/t21-,22?,25+/m0/s1. The molecule has 154 valence electrons. The molecule has 1 saturated carbocycles. The number of aliphatic hydroxyl groups is 2. The molecule has 0 spiro atoms. The second kappa shape index (κ2) is 9.21. The minimum atomic E-state index is -0.370. The van der Waals surface area contributed by atoms with Crippen LogP contribution in [0.15, 0.2) is 70.9 Å². The summed E-state index contributed by atoms with van der Waals surface area (Å²) in [5.41, 5.74) is 4.16. The van der Waals surface area contributed by atoms with Crippen LogP contribution in [0, 0.1) is 5.41 Å². The van der Waals surface area contributed by atoms with E-state index in [2.05, 4.69) is 58.9 Å². The van der Waals surface area contributed by atoms with E-state index in [1.807, 2.05) is 31.2 Å². The van der Waals surface area contributed by atoms with Gasteiger partial charge in [0.2, 0.25) is 0 Å². The maximum atomic E-state index is 10.3. The Morgan fingerprint density at radius 3 is 2.43 bits per heavy atom. The molecule has 0 radical (unpaired) electrons. The van der Waals surface area contributed by atoms with Gasteiger partial charge in [-0.2, -0.15) is 0 Å². The highest BCUT2D eigenvalue weighted by Gasteiger charge is 2.50. The van der Waals surface area contributed by atoms with E-state index in [9.17, 15) is 5.11 Å². The first-order valence-corrected chi connectivity index (χ1v) is 10.1. The van der Waals surface area contributed by atoms with Gasteiger partial charge < -0.3 is 14.9 Å². The molecule has 0 aromatic rings. The Labute approximate surface area is 170 Å². The van der Waals surface area contributed by atoms with Crippen molar-refractivity contribution in [2.75, 3.05) is 6.61 Å². The second-order valence-corrected chi connectivity index (χ2v) is 9.03. The van der Waals surface area contributed by atoms with Gasteiger partial charge in [0.25, 0.3) is 0 Å². The maximum absolute atomic E-state index is 10.3. The van der Waals surface area contributed by atoms with Crippen molar-refractivity contribution in [2.45, 2.75) is 72.2 Å². The van der Waals surface area contributed by atoms with E-state index in [1.54, 1.807) is 0 Å². The van der Waals surface area contributed by atoms with E-state index in [1.165, 1.54) is 5.57 Å². The Bertz CT molecular complexity index is 746. The number of allylic oxidation sites excluding steroid dienone is 8. The monoisotopic (exact) mass is 384 g/mol. The first-order valence-electron chi connectivity index (χ1n) is 10.1. The molecule has 3 atom stereocenters. The first kappa shape index (κ1) is 22.6. The third-order valence-electron chi connectivity index (χ3n) is 5.64. The Morgan fingerprint density at radius 1 is 1.07 bits per heavy atom. The van der Waals surface area contributed by atoms with Crippen molar-refractivity contribution in [1.82, 2.24) is 0 Å². The summed E-state index contributed by atoms with van der Waals surface area (Å²) in [6, 6.07) is 0. The summed E-state index contributed by atoms with van der Waals surface area (Å²) < 4.78 is 6.38. The molecule has 28 heavy (non-hydrogen) atoms. The summed E-state index contributed by atoms with van der Waals surface area (Å²) in [5.74, 6) is 0. The van der Waals surface area contributed by atoms with Gasteiger partial charge in [-0.15, -0.1) is 0 Å². The lowest BCUT2D eigenvalue weighted by atomic mass is 9.65. The van der Waals surface area contributed by atoms with E-state index in [0.29, 0.717) is 6.42 Å². The van der Waals surface area contributed by atoms with Crippen LogP contribution in [0.25, 0.3) is 0 Å². The minimum Gasteiger partial charge on any atom is -0.393 e. The molecule has 2 aliphatic rings. The Balaban J connectivity index is 2.04. The van der Waals surface area contributed by atoms with Crippen LogP contribution in [0.5, 0.6) is 0 Å². The lowest BCUT2D eigenvalue weighted by Gasteiger charge is -2.44. The van der Waals surface area contributed by atoms with Crippen molar-refractivity contribution < 1.29 is 14.9 Å². The van der Waals surface area contributed by atoms with Gasteiger partial charge in [0, 0.05) is 6.42 Å². The zero-order chi connectivity index (χ0) is 20.9. The molecule has 1 unspecified atom stereocenters. The third-order valence-corrected chi connectivity index (χ3v) is 5.64. The van der Waals surface area contributed by atoms with Gasteiger partial charge in [0.15, 0.2) is 0 Å². The molecule has 1 aliphatic heterocycles. The fraction of sp³-hybridized carbons (Fsp3) is 0.520. The average Bonchev–Trinajstić information content (AvgIpc) is 2.96. The van der Waals surface area contributed by atoms with Gasteiger partial charge in [-0.1, -0.05) is 62.0 Å². The van der Waals surface area contributed by atoms with Crippen LogP contribution in [0.4, 0.5) is 0 Å². The Hall–Kier alpha value is -1.68. The molecule has 0 saturated heterocycles. The number of rotatable bonds is 6. The number of ether oxygens (including phenoxy) is 1. The fourth-order valence-corrected chi connectivity index (χ4v) is 4.23. The van der Waals surface area contributed by atoms with E-state index >= 15 is 0 Å². The quantitative estimate of drug-likeness (QED) is 0.489. The molecule has 1 heterocycles. The third kappa shape index (κ3) is 5.66. The molecule has 2 rings (SSSR count). The molecule has 0 bridgehead atoms. The lowest BCUT2D eigenvalue weighted by molar-refractivity contribution is -0.0683. The fourth-order valence-electron chi connectivity index (χ4n) is 4.23. The van der Waals surface area contributed by atoms with Crippen LogP contribution in [0.1, 0.15) is 54.4 Å². The molecule has 3 heteroatoms. The van der Waals surface area contributed by atoms with Crippen molar-refractivity contribution in [1.29, 1.82) is 0 Å². The number of fused-ring (bicyclic) bond motifs is 1. The summed E-state index contributed by atoms with van der Waals surface area (Å²) in [6.07, 6.45) is 17.4. The smallest absolute Gasteiger partial charge is 0.0982 e. The van der Waals surface area contributed by atoms with E-state index in [0.717, 1.165) is 23.1 Å². The van der Waals surface area contributed by atoms with E-state index in [-0.39, 0.29) is 29.8 Å². The van der Waals surface area contributed by atoms with E-state index < -0.39 is 0 Å². The SMILES string of the molecule is CC(/C=C/C=C(\C)C1C=C2C(C)(C)C[C@H](O)C[C@@]2(C)O1)=C\C=C\C=C(/C)CO. The number of hydrogen-bond donors (Lipinski definition) is 2. The molecule has 3 nitrogen and oxygen atoms in total. The van der Waals surface area contributed by atoms with Gasteiger partial charge in [-0.3, -0.25) is 0 Å². The number of hydrogen-bond acceptors (Lipinski definition) is 3. The summed E-state index contributed by atoms with van der Waals surface area (Å²) in [5, 5.41) is 19.2. The highest BCUT2D eigenvalue weighted by molar-refractivity contribution is 5.37. The molecule has 1 aliphatic carbocycles. The number of aliphatic hydroxyl groups excluding tert-OH is 2. The Morgan fingerprint density at radius 2 is 1.75 bits per heavy atom. The van der Waals surface area contributed by atoms with Crippen LogP contribution in [-0.2, 0) is 4.74 Å². The molecule has 1 fully saturated rings. The zero-order valence-corrected chi connectivity index (χ0v) is 18.2. The largest absolute Gasteiger partial charge is 0.393 e. The van der Waals surface area contributed by atoms with Gasteiger partial charge in [0.1, 0.15) is 0 Å². The second-order valence-electron chi connectivity index (χ2n) is 9.03. The molecular formula is C25H36O3. The summed E-state index contributed by atoms with van der Waals surface area (Å²) in [7, 11) is 0. The van der Waals surface area contributed by atoms with Crippen molar-refractivity contribution in [3.05, 3.63) is 70.9 Å². The highest BCUT2D eigenvalue weighted by Crippen LogP contribution is 2.51.